The van der Waals surface area contributed by atoms with Gasteiger partial charge in [0, 0.05) is 24.7 Å². The summed E-state index contributed by atoms with van der Waals surface area (Å²) in [6, 6.07) is 9.86. The Morgan fingerprint density at radius 1 is 1.30 bits per heavy atom. The van der Waals surface area contributed by atoms with Crippen LogP contribution in [0.25, 0.3) is 5.69 Å². The molecule has 0 bridgehead atoms. The molecule has 0 fully saturated rings. The fourth-order valence-electron chi connectivity index (χ4n) is 1.72. The zero-order valence-corrected chi connectivity index (χ0v) is 12.0. The van der Waals surface area contributed by atoms with Crippen LogP contribution in [0.1, 0.15) is 18.4 Å². The van der Waals surface area contributed by atoms with Gasteiger partial charge in [-0.1, -0.05) is 18.2 Å². The zero-order chi connectivity index (χ0) is 13.5. The number of aromatic nitrogens is 2. The second-order valence-corrected chi connectivity index (χ2v) is 4.30. The number of para-hydroxylation sites is 1. The summed E-state index contributed by atoms with van der Waals surface area (Å²) in [4.78, 5) is 11.5. The van der Waals surface area contributed by atoms with Crippen molar-refractivity contribution in [2.75, 3.05) is 6.54 Å². The molecular formula is C14H19ClN4O. The minimum Gasteiger partial charge on any atom is -0.352 e. The van der Waals surface area contributed by atoms with E-state index in [4.69, 9.17) is 5.73 Å². The molecule has 0 atom stereocenters. The molecule has 1 amide bonds. The molecule has 0 spiro atoms. The van der Waals surface area contributed by atoms with Crippen LogP contribution >= 0.6 is 12.4 Å². The highest BCUT2D eigenvalue weighted by Crippen LogP contribution is 2.07. The zero-order valence-electron chi connectivity index (χ0n) is 11.2. The summed E-state index contributed by atoms with van der Waals surface area (Å²) in [5, 5.41) is 7.12. The third-order valence-electron chi connectivity index (χ3n) is 2.75. The van der Waals surface area contributed by atoms with E-state index in [0.717, 1.165) is 17.7 Å². The van der Waals surface area contributed by atoms with Crippen molar-refractivity contribution in [2.24, 2.45) is 5.73 Å². The Balaban J connectivity index is 0.00000200. The van der Waals surface area contributed by atoms with E-state index in [1.54, 1.807) is 10.9 Å². The van der Waals surface area contributed by atoms with Gasteiger partial charge in [0.1, 0.15) is 0 Å². The van der Waals surface area contributed by atoms with Crippen molar-refractivity contribution in [3.8, 4) is 5.69 Å². The molecule has 2 rings (SSSR count). The van der Waals surface area contributed by atoms with Gasteiger partial charge in [0.15, 0.2) is 0 Å². The number of rotatable bonds is 6. The fraction of sp³-hybridized carbons (Fsp3) is 0.286. The number of benzene rings is 1. The topological polar surface area (TPSA) is 72.9 Å². The molecule has 0 aliphatic rings. The average molecular weight is 295 g/mol. The van der Waals surface area contributed by atoms with Crippen LogP contribution in [0.5, 0.6) is 0 Å². The van der Waals surface area contributed by atoms with Gasteiger partial charge in [0.2, 0.25) is 5.91 Å². The van der Waals surface area contributed by atoms with E-state index in [0.29, 0.717) is 19.5 Å². The van der Waals surface area contributed by atoms with Crippen molar-refractivity contribution < 1.29 is 4.79 Å². The van der Waals surface area contributed by atoms with Gasteiger partial charge in [0.05, 0.1) is 11.9 Å². The quantitative estimate of drug-likeness (QED) is 0.851. The van der Waals surface area contributed by atoms with Gasteiger partial charge in [-0.05, 0) is 25.1 Å². The molecule has 0 saturated heterocycles. The third kappa shape index (κ3) is 4.68. The largest absolute Gasteiger partial charge is 0.352 e. The number of amides is 1. The summed E-state index contributed by atoms with van der Waals surface area (Å²) in [6.45, 7) is 1.04. The van der Waals surface area contributed by atoms with Crippen LogP contribution in [0.3, 0.4) is 0 Å². The normalized spacial score (nSPS) is 9.85. The Morgan fingerprint density at radius 2 is 2.05 bits per heavy atom. The number of carbonyl (C=O) groups excluding carboxylic acids is 1. The summed E-state index contributed by atoms with van der Waals surface area (Å²) in [7, 11) is 0. The van der Waals surface area contributed by atoms with Crippen molar-refractivity contribution in [3.63, 3.8) is 0 Å². The van der Waals surface area contributed by atoms with Crippen LogP contribution in [0.4, 0.5) is 0 Å². The highest BCUT2D eigenvalue weighted by Gasteiger charge is 2.03. The monoisotopic (exact) mass is 294 g/mol. The number of hydrogen-bond donors (Lipinski definition) is 2. The van der Waals surface area contributed by atoms with Crippen LogP contribution < -0.4 is 11.1 Å². The van der Waals surface area contributed by atoms with Crippen LogP contribution in [0.15, 0.2) is 42.7 Å². The Hall–Kier alpha value is -1.85. The number of nitrogens with one attached hydrogen (secondary N) is 1. The lowest BCUT2D eigenvalue weighted by Gasteiger charge is -2.02. The van der Waals surface area contributed by atoms with Crippen LogP contribution in [0, 0.1) is 0 Å². The predicted octanol–water partition coefficient (Wildman–Crippen LogP) is 1.65. The molecule has 0 unspecified atom stereocenters. The van der Waals surface area contributed by atoms with Gasteiger partial charge in [-0.2, -0.15) is 5.10 Å². The SMILES string of the molecule is Cl.NCCCC(=O)NCc1cnn(-c2ccccc2)c1. The standard InChI is InChI=1S/C14H18N4O.ClH/c15-8-4-7-14(19)16-9-12-10-17-18(11-12)13-5-2-1-3-6-13;/h1-3,5-6,10-11H,4,7-9,15H2,(H,16,19);1H. The first-order chi connectivity index (χ1) is 9.29. The van der Waals surface area contributed by atoms with Crippen LogP contribution in [0.2, 0.25) is 0 Å². The van der Waals surface area contributed by atoms with Crippen molar-refractivity contribution >= 4 is 18.3 Å². The van der Waals surface area contributed by atoms with E-state index in [-0.39, 0.29) is 18.3 Å². The van der Waals surface area contributed by atoms with Gasteiger partial charge in [0.25, 0.3) is 0 Å². The molecule has 0 saturated carbocycles. The van der Waals surface area contributed by atoms with Gasteiger partial charge in [-0.25, -0.2) is 4.68 Å². The van der Waals surface area contributed by atoms with Crippen LogP contribution in [-0.2, 0) is 11.3 Å². The molecule has 0 aliphatic carbocycles. The van der Waals surface area contributed by atoms with E-state index in [1.807, 2.05) is 36.5 Å². The number of nitrogens with zero attached hydrogens (tertiary/aromatic N) is 2. The lowest BCUT2D eigenvalue weighted by Crippen LogP contribution is -2.23. The smallest absolute Gasteiger partial charge is 0.220 e. The number of halogens is 1. The van der Waals surface area contributed by atoms with E-state index in [1.165, 1.54) is 0 Å². The Morgan fingerprint density at radius 3 is 2.75 bits per heavy atom. The fourth-order valence-corrected chi connectivity index (χ4v) is 1.72. The van der Waals surface area contributed by atoms with Crippen molar-refractivity contribution in [3.05, 3.63) is 48.3 Å². The Labute approximate surface area is 124 Å². The molecule has 1 aromatic carbocycles. The average Bonchev–Trinajstić information content (AvgIpc) is 2.93. The number of hydrogen-bond acceptors (Lipinski definition) is 3. The minimum absolute atomic E-state index is 0. The van der Waals surface area contributed by atoms with Gasteiger partial charge >= 0.3 is 0 Å². The number of carbonyl (C=O) groups is 1. The van der Waals surface area contributed by atoms with E-state index in [2.05, 4.69) is 10.4 Å². The molecule has 1 heterocycles. The van der Waals surface area contributed by atoms with Crippen molar-refractivity contribution in [1.82, 2.24) is 15.1 Å². The second kappa shape index (κ2) is 8.35. The molecule has 6 heteroatoms. The summed E-state index contributed by atoms with van der Waals surface area (Å²) in [5.41, 5.74) is 7.34. The highest BCUT2D eigenvalue weighted by atomic mass is 35.5. The molecule has 108 valence electrons. The van der Waals surface area contributed by atoms with Crippen LogP contribution in [-0.4, -0.2) is 22.2 Å². The maximum atomic E-state index is 11.5. The highest BCUT2D eigenvalue weighted by molar-refractivity contribution is 5.85. The predicted molar refractivity (Wildman–Crippen MR) is 80.9 cm³/mol. The third-order valence-corrected chi connectivity index (χ3v) is 2.75. The molecule has 0 radical (unpaired) electrons. The first-order valence-electron chi connectivity index (χ1n) is 6.35. The summed E-state index contributed by atoms with van der Waals surface area (Å²) in [5.74, 6) is 0.0258. The lowest BCUT2D eigenvalue weighted by molar-refractivity contribution is -0.121. The Kier molecular flexibility index (Phi) is 6.76. The van der Waals surface area contributed by atoms with E-state index in [9.17, 15) is 4.79 Å². The molecule has 20 heavy (non-hydrogen) atoms. The first-order valence-corrected chi connectivity index (χ1v) is 6.35. The van der Waals surface area contributed by atoms with Gasteiger partial charge < -0.3 is 11.1 Å². The van der Waals surface area contributed by atoms with Gasteiger partial charge in [-0.3, -0.25) is 4.79 Å². The molecule has 0 aliphatic heterocycles. The Bertz CT molecular complexity index is 527. The minimum atomic E-state index is 0. The summed E-state index contributed by atoms with van der Waals surface area (Å²) in [6.07, 6.45) is 4.87. The van der Waals surface area contributed by atoms with Gasteiger partial charge in [-0.15, -0.1) is 12.4 Å². The maximum Gasteiger partial charge on any atom is 0.220 e. The molecule has 2 aromatic rings. The van der Waals surface area contributed by atoms with Crippen molar-refractivity contribution in [1.29, 1.82) is 0 Å². The summed E-state index contributed by atoms with van der Waals surface area (Å²) >= 11 is 0. The first kappa shape index (κ1) is 16.2. The molecule has 3 N–H and O–H groups in total. The van der Waals surface area contributed by atoms with E-state index < -0.39 is 0 Å². The van der Waals surface area contributed by atoms with E-state index >= 15 is 0 Å². The lowest BCUT2D eigenvalue weighted by atomic mass is 10.3. The maximum absolute atomic E-state index is 11.5. The molecule has 1 aromatic heterocycles. The summed E-state index contributed by atoms with van der Waals surface area (Å²) < 4.78 is 1.79. The number of nitrogens with two attached hydrogens (primary N) is 1. The molecule has 5 nitrogen and oxygen atoms in total. The van der Waals surface area contributed by atoms with Crippen molar-refractivity contribution in [2.45, 2.75) is 19.4 Å². The molecular weight excluding hydrogens is 276 g/mol. The second-order valence-electron chi connectivity index (χ2n) is 4.30.